The van der Waals surface area contributed by atoms with E-state index < -0.39 is 0 Å². The van der Waals surface area contributed by atoms with Crippen molar-refractivity contribution in [3.8, 4) is 0 Å². The van der Waals surface area contributed by atoms with Gasteiger partial charge in [-0.05, 0) is 105 Å². The Morgan fingerprint density at radius 3 is 2.33 bits per heavy atom. The summed E-state index contributed by atoms with van der Waals surface area (Å²) in [6.45, 7) is 14.3. The average Bonchev–Trinajstić information content (AvgIpc) is 3.34. The first kappa shape index (κ1) is 28.7. The average molecular weight is 543 g/mol. The second-order valence-electron chi connectivity index (χ2n) is 14.4. The fourth-order valence-electron chi connectivity index (χ4n) is 10.5. The molecule has 0 aromatic heterocycles. The van der Waals surface area contributed by atoms with E-state index in [0.717, 1.165) is 42.4 Å². The number of rotatable bonds is 6. The van der Waals surface area contributed by atoms with E-state index in [1.807, 2.05) is 6.92 Å². The Labute approximate surface area is 235 Å². The standard InChI is InChI=1S/C33H50O6/c1-18(17-37-21(4)35)14-26(20(3)34)31-19(2)30-29(39-31)16-28-25-9-8-23-15-24(38-22(5)36)10-12-32(23,6)27(25)11-13-33(28,30)7/h18-19,23-25,27-30H,8-17H2,1-7H3/b31-26+/t18-,19-,23+,24-,25+,27-,28-,29-,30-,32-,33-/m0/s1. The van der Waals surface area contributed by atoms with Crippen molar-refractivity contribution in [2.75, 3.05) is 6.61 Å². The van der Waals surface area contributed by atoms with Crippen molar-refractivity contribution in [2.24, 2.45) is 52.3 Å². The first-order chi connectivity index (χ1) is 18.3. The summed E-state index contributed by atoms with van der Waals surface area (Å²) >= 11 is 0. The van der Waals surface area contributed by atoms with Crippen LogP contribution in [0, 0.1) is 52.3 Å². The van der Waals surface area contributed by atoms with Gasteiger partial charge in [0.1, 0.15) is 18.0 Å². The number of ether oxygens (including phenoxy) is 3. The summed E-state index contributed by atoms with van der Waals surface area (Å²) < 4.78 is 17.6. The summed E-state index contributed by atoms with van der Waals surface area (Å²) in [5, 5.41) is 0. The van der Waals surface area contributed by atoms with Crippen LogP contribution in [0.1, 0.15) is 106 Å². The van der Waals surface area contributed by atoms with E-state index in [9.17, 15) is 14.4 Å². The SMILES string of the molecule is CC(=O)OC[C@@H](C)C/C(C(C)=O)=C1\O[C@H]2C[C@H]3[C@@H]4CC[C@@H]5C[C@@H](OC(C)=O)CC[C@]5(C)[C@H]4CC[C@]3(C)[C@H]2[C@@H]1C. The molecule has 1 aliphatic heterocycles. The van der Waals surface area contributed by atoms with Crippen LogP contribution in [0.4, 0.5) is 0 Å². The molecule has 0 unspecified atom stereocenters. The van der Waals surface area contributed by atoms with E-state index in [4.69, 9.17) is 14.2 Å². The predicted octanol–water partition coefficient (Wildman–Crippen LogP) is 6.65. The topological polar surface area (TPSA) is 78.9 Å². The Balaban J connectivity index is 1.33. The summed E-state index contributed by atoms with van der Waals surface area (Å²) in [4.78, 5) is 35.7. The third-order valence-corrected chi connectivity index (χ3v) is 12.1. The molecule has 0 N–H and O–H groups in total. The van der Waals surface area contributed by atoms with Crippen LogP contribution in [0.15, 0.2) is 11.3 Å². The smallest absolute Gasteiger partial charge is 0.302 e. The summed E-state index contributed by atoms with van der Waals surface area (Å²) in [5.41, 5.74) is 1.37. The number of carbonyl (C=O) groups excluding carboxylic acids is 3. The largest absolute Gasteiger partial charge is 0.494 e. The van der Waals surface area contributed by atoms with Gasteiger partial charge in [0.2, 0.25) is 0 Å². The third kappa shape index (κ3) is 4.96. The van der Waals surface area contributed by atoms with Crippen LogP contribution in [0.25, 0.3) is 0 Å². The molecule has 4 aliphatic carbocycles. The molecule has 39 heavy (non-hydrogen) atoms. The molecule has 0 aromatic carbocycles. The molecular formula is C33H50O6. The van der Waals surface area contributed by atoms with E-state index in [1.165, 1.54) is 46.0 Å². The lowest BCUT2D eigenvalue weighted by atomic mass is 9.44. The van der Waals surface area contributed by atoms with Crippen LogP contribution in [-0.2, 0) is 28.6 Å². The molecule has 5 rings (SSSR count). The van der Waals surface area contributed by atoms with Crippen molar-refractivity contribution in [1.29, 1.82) is 0 Å². The highest BCUT2D eigenvalue weighted by atomic mass is 16.5. The minimum absolute atomic E-state index is 0.0715. The Kier molecular flexibility index (Phi) is 7.74. The van der Waals surface area contributed by atoms with Gasteiger partial charge in [0.25, 0.3) is 0 Å². The van der Waals surface area contributed by atoms with Crippen molar-refractivity contribution in [3.05, 3.63) is 11.3 Å². The van der Waals surface area contributed by atoms with E-state index in [2.05, 4.69) is 20.8 Å². The van der Waals surface area contributed by atoms with Crippen LogP contribution in [0.5, 0.6) is 0 Å². The molecule has 6 nitrogen and oxygen atoms in total. The van der Waals surface area contributed by atoms with Crippen molar-refractivity contribution < 1.29 is 28.6 Å². The lowest BCUT2D eigenvalue weighted by Gasteiger charge is -2.61. The van der Waals surface area contributed by atoms with E-state index in [0.29, 0.717) is 36.2 Å². The van der Waals surface area contributed by atoms with Crippen LogP contribution in [0.2, 0.25) is 0 Å². The molecule has 11 atom stereocenters. The minimum atomic E-state index is -0.284. The second kappa shape index (κ2) is 10.5. The minimum Gasteiger partial charge on any atom is -0.494 e. The Bertz CT molecular complexity index is 1030. The Morgan fingerprint density at radius 1 is 0.949 bits per heavy atom. The highest BCUT2D eigenvalue weighted by molar-refractivity contribution is 5.94. The fourth-order valence-corrected chi connectivity index (χ4v) is 10.5. The maximum Gasteiger partial charge on any atom is 0.302 e. The van der Waals surface area contributed by atoms with Crippen molar-refractivity contribution >= 4 is 17.7 Å². The quantitative estimate of drug-likeness (QED) is 0.276. The number of ketones is 1. The highest BCUT2D eigenvalue weighted by Crippen LogP contribution is 2.70. The van der Waals surface area contributed by atoms with Gasteiger partial charge in [0.05, 0.1) is 6.61 Å². The monoisotopic (exact) mass is 542 g/mol. The van der Waals surface area contributed by atoms with Gasteiger partial charge in [0.15, 0.2) is 5.78 Å². The zero-order valence-corrected chi connectivity index (χ0v) is 25.2. The zero-order chi connectivity index (χ0) is 28.3. The first-order valence-corrected chi connectivity index (χ1v) is 15.6. The molecule has 0 radical (unpaired) electrons. The van der Waals surface area contributed by atoms with Crippen molar-refractivity contribution in [3.63, 3.8) is 0 Å². The van der Waals surface area contributed by atoms with Gasteiger partial charge in [-0.15, -0.1) is 0 Å². The van der Waals surface area contributed by atoms with Gasteiger partial charge < -0.3 is 14.2 Å². The zero-order valence-electron chi connectivity index (χ0n) is 25.2. The fraction of sp³-hybridized carbons (Fsp3) is 0.848. The lowest BCUT2D eigenvalue weighted by molar-refractivity contribution is -0.160. The normalized spacial score (nSPS) is 44.6. The maximum absolute atomic E-state index is 12.8. The molecule has 1 heterocycles. The molecule has 5 fully saturated rings. The highest BCUT2D eigenvalue weighted by Gasteiger charge is 2.66. The molecule has 0 aromatic rings. The molecule has 218 valence electrons. The van der Waals surface area contributed by atoms with E-state index in [-0.39, 0.29) is 47.2 Å². The number of allylic oxidation sites excluding steroid dienone is 2. The Hall–Kier alpha value is -1.85. The van der Waals surface area contributed by atoms with E-state index >= 15 is 0 Å². The predicted molar refractivity (Wildman–Crippen MR) is 148 cm³/mol. The second-order valence-corrected chi connectivity index (χ2v) is 14.4. The molecule has 6 heteroatoms. The number of esters is 2. The number of hydrogen-bond acceptors (Lipinski definition) is 6. The van der Waals surface area contributed by atoms with Gasteiger partial charge in [-0.25, -0.2) is 0 Å². The number of Topliss-reactive ketones (excluding diaryl/α,β-unsaturated/α-hetero) is 1. The summed E-state index contributed by atoms with van der Waals surface area (Å²) in [6, 6.07) is 0. The molecule has 0 amide bonds. The van der Waals surface area contributed by atoms with Crippen LogP contribution in [-0.4, -0.2) is 36.5 Å². The maximum atomic E-state index is 12.8. The Morgan fingerprint density at radius 2 is 1.67 bits per heavy atom. The van der Waals surface area contributed by atoms with Gasteiger partial charge in [0, 0.05) is 31.3 Å². The van der Waals surface area contributed by atoms with Crippen molar-refractivity contribution in [2.45, 2.75) is 118 Å². The molecule has 4 saturated carbocycles. The van der Waals surface area contributed by atoms with Crippen LogP contribution >= 0.6 is 0 Å². The van der Waals surface area contributed by atoms with Crippen LogP contribution < -0.4 is 0 Å². The van der Waals surface area contributed by atoms with E-state index in [1.54, 1.807) is 6.92 Å². The molecule has 5 aliphatic rings. The van der Waals surface area contributed by atoms with Crippen molar-refractivity contribution in [1.82, 2.24) is 0 Å². The van der Waals surface area contributed by atoms with Gasteiger partial charge in [-0.1, -0.05) is 27.7 Å². The number of carbonyl (C=O) groups is 3. The number of hydrogen-bond donors (Lipinski definition) is 0. The van der Waals surface area contributed by atoms with Crippen LogP contribution in [0.3, 0.4) is 0 Å². The molecular weight excluding hydrogens is 492 g/mol. The summed E-state index contributed by atoms with van der Waals surface area (Å²) in [6.07, 6.45) is 10.2. The van der Waals surface area contributed by atoms with Gasteiger partial charge in [-0.2, -0.15) is 0 Å². The van der Waals surface area contributed by atoms with Gasteiger partial charge >= 0.3 is 11.9 Å². The van der Waals surface area contributed by atoms with Gasteiger partial charge in [-0.3, -0.25) is 14.4 Å². The third-order valence-electron chi connectivity index (χ3n) is 12.1. The molecule has 0 spiro atoms. The molecule has 1 saturated heterocycles. The lowest BCUT2D eigenvalue weighted by Crippen LogP contribution is -2.54. The summed E-state index contributed by atoms with van der Waals surface area (Å²) in [5.74, 6) is 4.11. The number of fused-ring (bicyclic) bond motifs is 7. The summed E-state index contributed by atoms with van der Waals surface area (Å²) in [7, 11) is 0. The first-order valence-electron chi connectivity index (χ1n) is 15.6. The molecule has 0 bridgehead atoms.